The van der Waals surface area contributed by atoms with E-state index in [0.29, 0.717) is 0 Å². The van der Waals surface area contributed by atoms with Crippen LogP contribution in [0.4, 0.5) is 5.13 Å². The molecule has 0 bridgehead atoms. The molecule has 1 aromatic rings. The second-order valence-corrected chi connectivity index (χ2v) is 4.11. The quantitative estimate of drug-likeness (QED) is 0.570. The van der Waals surface area contributed by atoms with Gasteiger partial charge in [0, 0.05) is 30.9 Å². The minimum absolute atomic E-state index is 0.860. The van der Waals surface area contributed by atoms with Gasteiger partial charge in [-0.2, -0.15) is 4.37 Å². The second kappa shape index (κ2) is 7.24. The van der Waals surface area contributed by atoms with Gasteiger partial charge in [-0.25, -0.2) is 4.98 Å². The van der Waals surface area contributed by atoms with E-state index in [4.69, 9.17) is 6.42 Å². The van der Waals surface area contributed by atoms with Gasteiger partial charge in [0.2, 0.25) is 5.13 Å². The molecule has 15 heavy (non-hydrogen) atoms. The number of rotatable bonds is 7. The monoisotopic (exact) mass is 223 g/mol. The SMILES string of the molecule is C#CCCCCNc1nc(CCC)ns1. The summed E-state index contributed by atoms with van der Waals surface area (Å²) in [6.45, 7) is 3.07. The highest BCUT2D eigenvalue weighted by Gasteiger charge is 2.01. The number of anilines is 1. The van der Waals surface area contributed by atoms with Crippen LogP contribution in [-0.2, 0) is 6.42 Å². The lowest BCUT2D eigenvalue weighted by Crippen LogP contribution is -2.00. The average Bonchev–Trinajstić information content (AvgIpc) is 2.66. The first kappa shape index (κ1) is 12.0. The predicted molar refractivity (Wildman–Crippen MR) is 65.1 cm³/mol. The largest absolute Gasteiger partial charge is 0.360 e. The van der Waals surface area contributed by atoms with Crippen LogP contribution in [-0.4, -0.2) is 15.9 Å². The minimum atomic E-state index is 0.860. The fraction of sp³-hybridized carbons (Fsp3) is 0.636. The topological polar surface area (TPSA) is 37.8 Å². The normalized spacial score (nSPS) is 9.87. The van der Waals surface area contributed by atoms with Gasteiger partial charge in [-0.3, -0.25) is 0 Å². The van der Waals surface area contributed by atoms with Crippen molar-refractivity contribution in [1.29, 1.82) is 0 Å². The molecule has 0 radical (unpaired) electrons. The van der Waals surface area contributed by atoms with Crippen molar-refractivity contribution in [2.24, 2.45) is 0 Å². The van der Waals surface area contributed by atoms with E-state index >= 15 is 0 Å². The van der Waals surface area contributed by atoms with E-state index in [-0.39, 0.29) is 0 Å². The number of hydrogen-bond acceptors (Lipinski definition) is 4. The van der Waals surface area contributed by atoms with Crippen LogP contribution < -0.4 is 5.32 Å². The maximum Gasteiger partial charge on any atom is 0.202 e. The van der Waals surface area contributed by atoms with Crippen LogP contribution >= 0.6 is 11.5 Å². The molecule has 1 rings (SSSR count). The Kier molecular flexibility index (Phi) is 5.79. The molecule has 1 aromatic heterocycles. The van der Waals surface area contributed by atoms with E-state index in [9.17, 15) is 0 Å². The lowest BCUT2D eigenvalue weighted by Gasteiger charge is -1.99. The van der Waals surface area contributed by atoms with Gasteiger partial charge in [0.05, 0.1) is 0 Å². The van der Waals surface area contributed by atoms with Crippen molar-refractivity contribution < 1.29 is 0 Å². The molecule has 0 aliphatic heterocycles. The summed E-state index contributed by atoms with van der Waals surface area (Å²) in [7, 11) is 0. The summed E-state index contributed by atoms with van der Waals surface area (Å²) in [5, 5.41) is 4.19. The molecule has 1 heterocycles. The maximum absolute atomic E-state index is 5.17. The zero-order chi connectivity index (χ0) is 10.9. The first-order valence-electron chi connectivity index (χ1n) is 5.36. The van der Waals surface area contributed by atoms with Gasteiger partial charge in [-0.05, 0) is 19.3 Å². The Hall–Kier alpha value is -1.08. The van der Waals surface area contributed by atoms with Crippen LogP contribution in [0.25, 0.3) is 0 Å². The third-order valence-corrected chi connectivity index (χ3v) is 2.68. The fourth-order valence-electron chi connectivity index (χ4n) is 1.20. The Morgan fingerprint density at radius 3 is 3.07 bits per heavy atom. The summed E-state index contributed by atoms with van der Waals surface area (Å²) in [5.74, 6) is 3.59. The Bertz CT molecular complexity index is 314. The molecule has 0 spiro atoms. The maximum atomic E-state index is 5.17. The predicted octanol–water partition coefficient (Wildman–Crippen LogP) is 2.71. The second-order valence-electron chi connectivity index (χ2n) is 3.35. The molecule has 0 aliphatic carbocycles. The molecular weight excluding hydrogens is 206 g/mol. The van der Waals surface area contributed by atoms with Crippen LogP contribution in [0.1, 0.15) is 38.4 Å². The third kappa shape index (κ3) is 4.80. The molecular formula is C11H17N3S. The lowest BCUT2D eigenvalue weighted by atomic mass is 10.2. The number of nitrogens with one attached hydrogen (secondary N) is 1. The summed E-state index contributed by atoms with van der Waals surface area (Å²) in [6.07, 6.45) is 10.3. The lowest BCUT2D eigenvalue weighted by molar-refractivity contribution is 0.787. The molecule has 3 nitrogen and oxygen atoms in total. The number of unbranched alkanes of at least 4 members (excludes halogenated alkanes) is 2. The smallest absolute Gasteiger partial charge is 0.202 e. The van der Waals surface area contributed by atoms with Gasteiger partial charge in [-0.15, -0.1) is 12.3 Å². The molecule has 1 N–H and O–H groups in total. The molecule has 0 fully saturated rings. The average molecular weight is 223 g/mol. The zero-order valence-corrected chi connectivity index (χ0v) is 9.94. The van der Waals surface area contributed by atoms with E-state index in [1.54, 1.807) is 0 Å². The Morgan fingerprint density at radius 2 is 2.33 bits per heavy atom. The molecule has 0 unspecified atom stereocenters. The summed E-state index contributed by atoms with van der Waals surface area (Å²) < 4.78 is 4.26. The fourth-order valence-corrected chi connectivity index (χ4v) is 1.84. The van der Waals surface area contributed by atoms with E-state index in [1.807, 2.05) is 0 Å². The summed E-state index contributed by atoms with van der Waals surface area (Å²) >= 11 is 1.44. The zero-order valence-electron chi connectivity index (χ0n) is 9.12. The van der Waals surface area contributed by atoms with Gasteiger partial charge in [0.25, 0.3) is 0 Å². The van der Waals surface area contributed by atoms with Crippen molar-refractivity contribution in [3.8, 4) is 12.3 Å². The Morgan fingerprint density at radius 1 is 1.47 bits per heavy atom. The van der Waals surface area contributed by atoms with Crippen molar-refractivity contribution in [2.75, 3.05) is 11.9 Å². The summed E-state index contributed by atoms with van der Waals surface area (Å²) in [5.41, 5.74) is 0. The van der Waals surface area contributed by atoms with Crippen LogP contribution in [0.15, 0.2) is 0 Å². The van der Waals surface area contributed by atoms with Crippen molar-refractivity contribution in [3.05, 3.63) is 5.82 Å². The molecule has 0 saturated carbocycles. The molecule has 0 amide bonds. The summed E-state index contributed by atoms with van der Waals surface area (Å²) in [6, 6.07) is 0. The molecule has 4 heteroatoms. The van der Waals surface area contributed by atoms with Gasteiger partial charge in [0.1, 0.15) is 5.82 Å². The van der Waals surface area contributed by atoms with Crippen molar-refractivity contribution >= 4 is 16.7 Å². The van der Waals surface area contributed by atoms with Crippen molar-refractivity contribution in [2.45, 2.75) is 39.0 Å². The molecule has 0 saturated heterocycles. The van der Waals surface area contributed by atoms with Crippen LogP contribution in [0, 0.1) is 12.3 Å². The van der Waals surface area contributed by atoms with Gasteiger partial charge >= 0.3 is 0 Å². The number of terminal acetylenes is 1. The van der Waals surface area contributed by atoms with Crippen molar-refractivity contribution in [3.63, 3.8) is 0 Å². The van der Waals surface area contributed by atoms with E-state index < -0.39 is 0 Å². The number of nitrogens with zero attached hydrogens (tertiary/aromatic N) is 2. The Labute approximate surface area is 95.5 Å². The van der Waals surface area contributed by atoms with E-state index in [2.05, 4.69) is 27.5 Å². The van der Waals surface area contributed by atoms with Gasteiger partial charge < -0.3 is 5.32 Å². The highest BCUT2D eigenvalue weighted by molar-refractivity contribution is 7.09. The molecule has 0 aliphatic rings. The Balaban J connectivity index is 2.17. The van der Waals surface area contributed by atoms with Crippen LogP contribution in [0.3, 0.4) is 0 Å². The van der Waals surface area contributed by atoms with E-state index in [1.165, 1.54) is 11.5 Å². The molecule has 0 atom stereocenters. The number of aryl methyl sites for hydroxylation is 1. The molecule has 0 aromatic carbocycles. The van der Waals surface area contributed by atoms with E-state index in [0.717, 1.165) is 49.6 Å². The highest BCUT2D eigenvalue weighted by Crippen LogP contribution is 2.12. The first-order valence-corrected chi connectivity index (χ1v) is 6.14. The van der Waals surface area contributed by atoms with Crippen LogP contribution in [0.5, 0.6) is 0 Å². The van der Waals surface area contributed by atoms with Gasteiger partial charge in [0.15, 0.2) is 0 Å². The molecule has 82 valence electrons. The first-order chi connectivity index (χ1) is 7.36. The minimum Gasteiger partial charge on any atom is -0.360 e. The standard InChI is InChI=1S/C11H17N3S/c1-3-5-6-7-9-12-11-13-10(8-4-2)14-15-11/h1H,4-9H2,2H3,(H,12,13,14). The van der Waals surface area contributed by atoms with Gasteiger partial charge in [-0.1, -0.05) is 6.92 Å². The van der Waals surface area contributed by atoms with Crippen molar-refractivity contribution in [1.82, 2.24) is 9.36 Å². The van der Waals surface area contributed by atoms with Crippen LogP contribution in [0.2, 0.25) is 0 Å². The summed E-state index contributed by atoms with van der Waals surface area (Å²) in [4.78, 5) is 4.37. The number of aromatic nitrogens is 2. The number of hydrogen-bond donors (Lipinski definition) is 1. The highest BCUT2D eigenvalue weighted by atomic mass is 32.1. The third-order valence-electron chi connectivity index (χ3n) is 1.97.